The molecule has 2 rings (SSSR count). The minimum absolute atomic E-state index is 0.212. The zero-order chi connectivity index (χ0) is 13.1. The SMILES string of the molecule is O=Pc1ccccc1C(=O)c1c(Cl)cccc1Cl. The van der Waals surface area contributed by atoms with Crippen LogP contribution in [0.5, 0.6) is 0 Å². The summed E-state index contributed by atoms with van der Waals surface area (Å²) in [5, 5.41) is 0.980. The molecule has 0 unspecified atom stereocenters. The average Bonchev–Trinajstić information content (AvgIpc) is 2.38. The summed E-state index contributed by atoms with van der Waals surface area (Å²) in [5.74, 6) is -0.329. The van der Waals surface area contributed by atoms with Gasteiger partial charge in [-0.25, -0.2) is 0 Å². The number of carbonyl (C=O) groups is 1. The van der Waals surface area contributed by atoms with Gasteiger partial charge >= 0.3 is 0 Å². The molecular weight excluding hydrogens is 290 g/mol. The predicted molar refractivity (Wildman–Crippen MR) is 73.6 cm³/mol. The highest BCUT2D eigenvalue weighted by atomic mass is 35.5. The number of carbonyl (C=O) groups excluding carboxylic acids is 1. The van der Waals surface area contributed by atoms with E-state index in [9.17, 15) is 9.36 Å². The Morgan fingerprint density at radius 1 is 0.944 bits per heavy atom. The van der Waals surface area contributed by atoms with E-state index >= 15 is 0 Å². The third-order valence-electron chi connectivity index (χ3n) is 2.44. The second kappa shape index (κ2) is 5.62. The lowest BCUT2D eigenvalue weighted by Gasteiger charge is -2.07. The normalized spacial score (nSPS) is 10.6. The first kappa shape index (κ1) is 13.2. The summed E-state index contributed by atoms with van der Waals surface area (Å²) in [6.07, 6.45) is 0. The fourth-order valence-corrected chi connectivity index (χ4v) is 2.59. The van der Waals surface area contributed by atoms with Crippen LogP contribution in [0.15, 0.2) is 42.5 Å². The first-order valence-corrected chi connectivity index (χ1v) is 6.63. The molecule has 18 heavy (non-hydrogen) atoms. The molecule has 0 spiro atoms. The molecule has 0 aromatic heterocycles. The third-order valence-corrected chi connectivity index (χ3v) is 3.65. The minimum Gasteiger partial charge on any atom is -0.288 e. The van der Waals surface area contributed by atoms with Crippen LogP contribution in [0.1, 0.15) is 15.9 Å². The van der Waals surface area contributed by atoms with Crippen molar-refractivity contribution < 1.29 is 9.36 Å². The average molecular weight is 297 g/mol. The molecule has 0 aliphatic carbocycles. The zero-order valence-corrected chi connectivity index (χ0v) is 11.5. The van der Waals surface area contributed by atoms with E-state index in [4.69, 9.17) is 23.2 Å². The Morgan fingerprint density at radius 3 is 2.17 bits per heavy atom. The van der Waals surface area contributed by atoms with Gasteiger partial charge in [-0.3, -0.25) is 9.36 Å². The Hall–Kier alpha value is -1.21. The van der Waals surface area contributed by atoms with Gasteiger partial charge in [0.1, 0.15) is 0 Å². The molecule has 0 amide bonds. The van der Waals surface area contributed by atoms with Crippen molar-refractivity contribution >= 4 is 42.7 Å². The van der Waals surface area contributed by atoms with Crippen LogP contribution >= 0.6 is 31.7 Å². The highest BCUT2D eigenvalue weighted by molar-refractivity contribution is 7.34. The Balaban J connectivity index is 2.59. The van der Waals surface area contributed by atoms with Crippen molar-refractivity contribution in [3.63, 3.8) is 0 Å². The van der Waals surface area contributed by atoms with Crippen molar-refractivity contribution in [1.29, 1.82) is 0 Å². The van der Waals surface area contributed by atoms with Crippen LogP contribution in [0, 0.1) is 0 Å². The largest absolute Gasteiger partial charge is 0.288 e. The summed E-state index contributed by atoms with van der Waals surface area (Å²) < 4.78 is 11.0. The monoisotopic (exact) mass is 296 g/mol. The number of rotatable bonds is 3. The first-order valence-electron chi connectivity index (χ1n) is 5.06. The molecule has 2 aromatic carbocycles. The highest BCUT2D eigenvalue weighted by Gasteiger charge is 2.19. The second-order valence-electron chi connectivity index (χ2n) is 3.53. The van der Waals surface area contributed by atoms with Gasteiger partial charge in [-0.1, -0.05) is 41.4 Å². The molecule has 0 radical (unpaired) electrons. The summed E-state index contributed by atoms with van der Waals surface area (Å²) in [5.41, 5.74) is 0.570. The summed E-state index contributed by atoms with van der Waals surface area (Å²) in [6.45, 7) is 0. The van der Waals surface area contributed by atoms with Gasteiger partial charge in [0.25, 0.3) is 0 Å². The van der Waals surface area contributed by atoms with E-state index < -0.39 is 0 Å². The van der Waals surface area contributed by atoms with E-state index in [2.05, 4.69) is 0 Å². The molecule has 0 heterocycles. The van der Waals surface area contributed by atoms with Crippen molar-refractivity contribution in [2.45, 2.75) is 0 Å². The van der Waals surface area contributed by atoms with E-state index in [0.717, 1.165) is 0 Å². The molecule has 0 atom stereocenters. The van der Waals surface area contributed by atoms with Gasteiger partial charge in [0.15, 0.2) is 14.2 Å². The molecule has 0 aliphatic rings. The Bertz CT molecular complexity index is 606. The predicted octanol–water partition coefficient (Wildman–Crippen LogP) is 4.14. The van der Waals surface area contributed by atoms with Crippen molar-refractivity contribution in [2.24, 2.45) is 0 Å². The van der Waals surface area contributed by atoms with Crippen LogP contribution in [0.2, 0.25) is 10.0 Å². The lowest BCUT2D eigenvalue weighted by molar-refractivity contribution is 0.104. The van der Waals surface area contributed by atoms with Gasteiger partial charge in [0, 0.05) is 5.56 Å². The van der Waals surface area contributed by atoms with Gasteiger partial charge in [0.2, 0.25) is 0 Å². The summed E-state index contributed by atoms with van der Waals surface area (Å²) >= 11 is 12.0. The standard InChI is InChI=1S/C13H7Cl2O2P/c14-9-5-3-6-10(15)12(9)13(16)8-4-1-2-7-11(8)18-17/h1-7H. The van der Waals surface area contributed by atoms with Crippen molar-refractivity contribution in [1.82, 2.24) is 0 Å². The number of ketones is 1. The van der Waals surface area contributed by atoms with E-state index in [1.54, 1.807) is 42.5 Å². The van der Waals surface area contributed by atoms with Gasteiger partial charge in [0.05, 0.1) is 20.9 Å². The summed E-state index contributed by atoms with van der Waals surface area (Å²) in [6, 6.07) is 11.5. The molecular formula is C13H7Cl2O2P. The molecule has 5 heteroatoms. The quantitative estimate of drug-likeness (QED) is 0.630. The van der Waals surface area contributed by atoms with Crippen LogP contribution in [0.3, 0.4) is 0 Å². The molecule has 90 valence electrons. The minimum atomic E-state index is -0.329. The molecule has 0 bridgehead atoms. The fourth-order valence-electron chi connectivity index (χ4n) is 1.59. The summed E-state index contributed by atoms with van der Waals surface area (Å²) in [7, 11) is -0.212. The topological polar surface area (TPSA) is 34.1 Å². The zero-order valence-electron chi connectivity index (χ0n) is 9.06. The fraction of sp³-hybridized carbons (Fsp3) is 0. The van der Waals surface area contributed by atoms with Crippen molar-refractivity contribution in [3.8, 4) is 0 Å². The number of halogens is 2. The van der Waals surface area contributed by atoms with Crippen LogP contribution in [-0.4, -0.2) is 5.78 Å². The van der Waals surface area contributed by atoms with Crippen LogP contribution in [-0.2, 0) is 4.57 Å². The maximum absolute atomic E-state index is 12.4. The second-order valence-corrected chi connectivity index (χ2v) is 5.01. The van der Waals surface area contributed by atoms with E-state index in [1.165, 1.54) is 0 Å². The Labute approximate surface area is 116 Å². The number of benzene rings is 2. The van der Waals surface area contributed by atoms with Gasteiger partial charge in [-0.2, -0.15) is 0 Å². The maximum Gasteiger partial charge on any atom is 0.197 e. The van der Waals surface area contributed by atoms with Gasteiger partial charge in [-0.15, -0.1) is 0 Å². The van der Waals surface area contributed by atoms with Crippen LogP contribution in [0.25, 0.3) is 0 Å². The first-order chi connectivity index (χ1) is 8.65. The lowest BCUT2D eigenvalue weighted by Crippen LogP contribution is -2.12. The molecule has 0 fully saturated rings. The molecule has 0 N–H and O–H groups in total. The lowest BCUT2D eigenvalue weighted by atomic mass is 10.0. The van der Waals surface area contributed by atoms with Crippen molar-refractivity contribution in [2.75, 3.05) is 0 Å². The van der Waals surface area contributed by atoms with Crippen LogP contribution < -0.4 is 5.30 Å². The molecule has 0 aliphatic heterocycles. The van der Waals surface area contributed by atoms with Crippen LogP contribution in [0.4, 0.5) is 0 Å². The van der Waals surface area contributed by atoms with Crippen molar-refractivity contribution in [3.05, 3.63) is 63.6 Å². The highest BCUT2D eigenvalue weighted by Crippen LogP contribution is 2.26. The molecule has 0 saturated heterocycles. The number of hydrogen-bond acceptors (Lipinski definition) is 2. The smallest absolute Gasteiger partial charge is 0.197 e. The maximum atomic E-state index is 12.4. The van der Waals surface area contributed by atoms with Gasteiger partial charge in [-0.05, 0) is 24.3 Å². The van der Waals surface area contributed by atoms with E-state index in [-0.39, 0.29) is 29.9 Å². The molecule has 0 saturated carbocycles. The third kappa shape index (κ3) is 2.46. The molecule has 2 nitrogen and oxygen atoms in total. The van der Waals surface area contributed by atoms with Gasteiger partial charge < -0.3 is 0 Å². The Kier molecular flexibility index (Phi) is 4.13. The van der Waals surface area contributed by atoms with E-state index in [1.807, 2.05) is 0 Å². The van der Waals surface area contributed by atoms with E-state index in [0.29, 0.717) is 10.9 Å². The molecule has 2 aromatic rings. The number of hydrogen-bond donors (Lipinski definition) is 0. The Morgan fingerprint density at radius 2 is 1.56 bits per heavy atom. The summed E-state index contributed by atoms with van der Waals surface area (Å²) in [4.78, 5) is 12.4.